The van der Waals surface area contributed by atoms with Crippen molar-refractivity contribution in [2.75, 3.05) is 25.6 Å². The Morgan fingerprint density at radius 2 is 2.26 bits per heavy atom. The number of carbonyl (C=O) groups is 1. The van der Waals surface area contributed by atoms with Gasteiger partial charge in [0.2, 0.25) is 0 Å². The van der Waals surface area contributed by atoms with Crippen molar-refractivity contribution in [3.05, 3.63) is 40.2 Å². The van der Waals surface area contributed by atoms with Gasteiger partial charge in [0, 0.05) is 24.2 Å². The number of halogens is 1. The van der Waals surface area contributed by atoms with E-state index in [0.717, 1.165) is 30.7 Å². The number of nitrogens with one attached hydrogen (secondary N) is 1. The van der Waals surface area contributed by atoms with Crippen molar-refractivity contribution in [3.63, 3.8) is 0 Å². The van der Waals surface area contributed by atoms with Gasteiger partial charge >= 0.3 is 6.03 Å². The Morgan fingerprint density at radius 1 is 1.44 bits per heavy atom. The Bertz CT molecular complexity index is 783. The van der Waals surface area contributed by atoms with Gasteiger partial charge in [0.1, 0.15) is 18.1 Å². The van der Waals surface area contributed by atoms with E-state index in [1.807, 2.05) is 13.8 Å². The number of hydrogen-bond donors (Lipinski definition) is 1. The molecule has 1 aliphatic rings. The lowest BCUT2D eigenvalue weighted by molar-refractivity contribution is 0.0682. The zero-order valence-corrected chi connectivity index (χ0v) is 16.5. The first-order valence-electron chi connectivity index (χ1n) is 8.92. The van der Waals surface area contributed by atoms with Gasteiger partial charge in [0.25, 0.3) is 0 Å². The van der Waals surface area contributed by atoms with Gasteiger partial charge in [-0.3, -0.25) is 0 Å². The van der Waals surface area contributed by atoms with Gasteiger partial charge in [-0.15, -0.1) is 0 Å². The van der Waals surface area contributed by atoms with Crippen LogP contribution in [0.25, 0.3) is 0 Å². The SMILES string of the molecule is Cc1noc(C)c1CN(C)C(=O)Nc1cc(Cl)ccc1OCC1CCCO1. The van der Waals surface area contributed by atoms with Crippen LogP contribution < -0.4 is 10.1 Å². The molecule has 146 valence electrons. The van der Waals surface area contributed by atoms with E-state index in [4.69, 9.17) is 25.6 Å². The summed E-state index contributed by atoms with van der Waals surface area (Å²) in [6.07, 6.45) is 2.12. The first-order valence-corrected chi connectivity index (χ1v) is 9.29. The smallest absolute Gasteiger partial charge is 0.321 e. The van der Waals surface area contributed by atoms with E-state index in [9.17, 15) is 4.79 Å². The molecule has 2 aromatic rings. The quantitative estimate of drug-likeness (QED) is 0.797. The average Bonchev–Trinajstić information content (AvgIpc) is 3.26. The summed E-state index contributed by atoms with van der Waals surface area (Å²) in [4.78, 5) is 14.2. The standard InChI is InChI=1S/C19H24ClN3O4/c1-12-16(13(2)27-22-12)10-23(3)19(24)21-17-9-14(20)6-7-18(17)26-11-15-5-4-8-25-15/h6-7,9,15H,4-5,8,10-11H2,1-3H3,(H,21,24). The van der Waals surface area contributed by atoms with Gasteiger partial charge in [-0.1, -0.05) is 16.8 Å². The average molecular weight is 394 g/mol. The first kappa shape index (κ1) is 19.5. The summed E-state index contributed by atoms with van der Waals surface area (Å²) in [5.41, 5.74) is 2.19. The zero-order valence-electron chi connectivity index (χ0n) is 15.8. The van der Waals surface area contributed by atoms with Crippen LogP contribution in [0.15, 0.2) is 22.7 Å². The number of rotatable bonds is 6. The zero-order chi connectivity index (χ0) is 19.4. The van der Waals surface area contributed by atoms with E-state index in [1.165, 1.54) is 0 Å². The Morgan fingerprint density at radius 3 is 2.93 bits per heavy atom. The lowest BCUT2D eigenvalue weighted by atomic mass is 10.2. The van der Waals surface area contributed by atoms with Gasteiger partial charge in [0.15, 0.2) is 0 Å². The van der Waals surface area contributed by atoms with Crippen molar-refractivity contribution in [1.29, 1.82) is 0 Å². The van der Waals surface area contributed by atoms with Crippen LogP contribution in [0.5, 0.6) is 5.75 Å². The minimum Gasteiger partial charge on any atom is -0.489 e. The van der Waals surface area contributed by atoms with Crippen LogP contribution in [-0.4, -0.2) is 42.5 Å². The largest absolute Gasteiger partial charge is 0.489 e. The number of amides is 2. The molecule has 2 amide bonds. The highest BCUT2D eigenvalue weighted by Crippen LogP contribution is 2.29. The number of anilines is 1. The number of hydrogen-bond acceptors (Lipinski definition) is 5. The molecule has 0 spiro atoms. The van der Waals surface area contributed by atoms with Gasteiger partial charge in [-0.2, -0.15) is 0 Å². The van der Waals surface area contributed by atoms with E-state index >= 15 is 0 Å². The van der Waals surface area contributed by atoms with E-state index in [1.54, 1.807) is 30.1 Å². The molecule has 1 fully saturated rings. The van der Waals surface area contributed by atoms with Crippen LogP contribution in [0.4, 0.5) is 10.5 Å². The summed E-state index contributed by atoms with van der Waals surface area (Å²) in [5, 5.41) is 7.30. The fourth-order valence-electron chi connectivity index (χ4n) is 2.93. The lowest BCUT2D eigenvalue weighted by Crippen LogP contribution is -2.31. The molecule has 1 aromatic heterocycles. The molecular formula is C19H24ClN3O4. The molecule has 3 rings (SSSR count). The molecular weight excluding hydrogens is 370 g/mol. The predicted molar refractivity (Wildman–Crippen MR) is 102 cm³/mol. The predicted octanol–water partition coefficient (Wildman–Crippen LogP) is 4.17. The number of benzene rings is 1. The molecule has 8 heteroatoms. The first-order chi connectivity index (χ1) is 12.9. The number of aryl methyl sites for hydroxylation is 2. The van der Waals surface area contributed by atoms with Crippen LogP contribution in [0.1, 0.15) is 29.9 Å². The third-order valence-electron chi connectivity index (χ3n) is 4.56. The van der Waals surface area contributed by atoms with Crippen molar-refractivity contribution in [3.8, 4) is 5.75 Å². The van der Waals surface area contributed by atoms with Gasteiger partial charge in [0.05, 0.1) is 24.0 Å². The molecule has 0 radical (unpaired) electrons. The van der Waals surface area contributed by atoms with Crippen molar-refractivity contribution < 1.29 is 18.8 Å². The normalized spacial score (nSPS) is 16.4. The topological polar surface area (TPSA) is 76.8 Å². The minimum absolute atomic E-state index is 0.0893. The van der Waals surface area contributed by atoms with Crippen molar-refractivity contribution in [2.24, 2.45) is 0 Å². The maximum absolute atomic E-state index is 12.6. The summed E-state index contributed by atoms with van der Waals surface area (Å²) < 4.78 is 16.6. The number of carbonyl (C=O) groups excluding carboxylic acids is 1. The summed E-state index contributed by atoms with van der Waals surface area (Å²) >= 11 is 6.10. The Hall–Kier alpha value is -2.25. The maximum Gasteiger partial charge on any atom is 0.321 e. The summed E-state index contributed by atoms with van der Waals surface area (Å²) in [5.74, 6) is 1.27. The van der Waals surface area contributed by atoms with Crippen molar-refractivity contribution in [1.82, 2.24) is 10.1 Å². The van der Waals surface area contributed by atoms with Crippen LogP contribution in [-0.2, 0) is 11.3 Å². The van der Waals surface area contributed by atoms with Gasteiger partial charge < -0.3 is 24.2 Å². The van der Waals surface area contributed by atoms with E-state index < -0.39 is 0 Å². The molecule has 27 heavy (non-hydrogen) atoms. The number of urea groups is 1. The molecule has 1 saturated heterocycles. The Balaban J connectivity index is 1.66. The monoisotopic (exact) mass is 393 g/mol. The molecule has 0 bridgehead atoms. The summed E-state index contributed by atoms with van der Waals surface area (Å²) in [6.45, 7) is 5.28. The highest BCUT2D eigenvalue weighted by molar-refractivity contribution is 6.31. The molecule has 7 nitrogen and oxygen atoms in total. The highest BCUT2D eigenvalue weighted by Gasteiger charge is 2.19. The fourth-order valence-corrected chi connectivity index (χ4v) is 3.10. The molecule has 2 heterocycles. The molecule has 1 aliphatic heterocycles. The molecule has 1 atom stereocenters. The summed E-state index contributed by atoms with van der Waals surface area (Å²) in [7, 11) is 1.71. The second kappa shape index (κ2) is 8.63. The van der Waals surface area contributed by atoms with E-state index in [-0.39, 0.29) is 12.1 Å². The van der Waals surface area contributed by atoms with Crippen LogP contribution in [0, 0.1) is 13.8 Å². The Kier molecular flexibility index (Phi) is 6.23. The van der Waals surface area contributed by atoms with Gasteiger partial charge in [-0.25, -0.2) is 4.79 Å². The molecule has 0 saturated carbocycles. The molecule has 0 aliphatic carbocycles. The van der Waals surface area contributed by atoms with Crippen molar-refractivity contribution in [2.45, 2.75) is 39.3 Å². The molecule has 1 unspecified atom stereocenters. The molecule has 1 N–H and O–H groups in total. The second-order valence-electron chi connectivity index (χ2n) is 6.68. The van der Waals surface area contributed by atoms with Crippen LogP contribution in [0.3, 0.4) is 0 Å². The maximum atomic E-state index is 12.6. The lowest BCUT2D eigenvalue weighted by Gasteiger charge is -2.20. The fraction of sp³-hybridized carbons (Fsp3) is 0.474. The Labute approximate surface area is 163 Å². The third-order valence-corrected chi connectivity index (χ3v) is 4.79. The van der Waals surface area contributed by atoms with Crippen molar-refractivity contribution >= 4 is 23.3 Å². The van der Waals surface area contributed by atoms with E-state index in [2.05, 4.69) is 10.5 Å². The third kappa shape index (κ3) is 4.93. The highest BCUT2D eigenvalue weighted by atomic mass is 35.5. The number of nitrogens with zero attached hydrogens (tertiary/aromatic N) is 2. The minimum atomic E-state index is -0.278. The number of ether oxygens (including phenoxy) is 2. The van der Waals surface area contributed by atoms with Gasteiger partial charge in [-0.05, 0) is 44.9 Å². The summed E-state index contributed by atoms with van der Waals surface area (Å²) in [6, 6.07) is 4.88. The second-order valence-corrected chi connectivity index (χ2v) is 7.11. The van der Waals surface area contributed by atoms with Crippen LogP contribution >= 0.6 is 11.6 Å². The van der Waals surface area contributed by atoms with E-state index in [0.29, 0.717) is 35.4 Å². The molecule has 1 aromatic carbocycles. The number of aromatic nitrogens is 1. The van der Waals surface area contributed by atoms with Crippen LogP contribution in [0.2, 0.25) is 5.02 Å².